The Labute approximate surface area is 87.9 Å². The molecule has 0 fully saturated rings. The van der Waals surface area contributed by atoms with E-state index >= 15 is 0 Å². The molecule has 0 spiro atoms. The zero-order valence-electron chi connectivity index (χ0n) is 7.73. The highest BCUT2D eigenvalue weighted by molar-refractivity contribution is 7.80. The van der Waals surface area contributed by atoms with E-state index in [9.17, 15) is 4.79 Å². The molecule has 1 aromatic carbocycles. The second kappa shape index (κ2) is 4.67. The van der Waals surface area contributed by atoms with E-state index in [-0.39, 0.29) is 5.57 Å². The Morgan fingerprint density at radius 2 is 1.93 bits per heavy atom. The summed E-state index contributed by atoms with van der Waals surface area (Å²) in [4.78, 5) is 11.2. The predicted octanol–water partition coefficient (Wildman–Crippen LogP) is 2.54. The van der Waals surface area contributed by atoms with E-state index in [1.807, 2.05) is 30.3 Å². The molecule has 0 bridgehead atoms. The van der Waals surface area contributed by atoms with Crippen LogP contribution in [0.1, 0.15) is 12.5 Å². The molecule has 0 aromatic heterocycles. The number of thiocarbonyl (C=S) groups is 1. The van der Waals surface area contributed by atoms with E-state index in [0.717, 1.165) is 5.56 Å². The van der Waals surface area contributed by atoms with Gasteiger partial charge in [0, 0.05) is 4.86 Å². The van der Waals surface area contributed by atoms with Crippen LogP contribution >= 0.6 is 12.2 Å². The second-order valence-corrected chi connectivity index (χ2v) is 3.44. The number of hydrogen-bond acceptors (Lipinski definition) is 2. The Bertz CT molecular complexity index is 364. The first-order chi connectivity index (χ1) is 6.61. The van der Waals surface area contributed by atoms with Crippen LogP contribution in [0.2, 0.25) is 0 Å². The molecule has 1 rings (SSSR count). The summed E-state index contributed by atoms with van der Waals surface area (Å²) in [5.74, 6) is -0.985. The van der Waals surface area contributed by atoms with Crippen molar-refractivity contribution in [2.75, 3.05) is 0 Å². The van der Waals surface area contributed by atoms with Gasteiger partial charge in [-0.05, 0) is 18.6 Å². The minimum absolute atomic E-state index is 0.172. The van der Waals surface area contributed by atoms with Crippen molar-refractivity contribution < 1.29 is 9.90 Å². The number of hydrogen-bond donors (Lipinski definition) is 1. The van der Waals surface area contributed by atoms with Crippen LogP contribution in [0.25, 0.3) is 6.08 Å². The molecule has 0 saturated heterocycles. The van der Waals surface area contributed by atoms with Crippen LogP contribution in [0.3, 0.4) is 0 Å². The number of carbonyl (C=O) groups is 1. The summed E-state index contributed by atoms with van der Waals surface area (Å²) < 4.78 is 0. The minimum atomic E-state index is -0.985. The molecule has 0 aliphatic carbocycles. The van der Waals surface area contributed by atoms with E-state index < -0.39 is 5.97 Å². The van der Waals surface area contributed by atoms with Crippen molar-refractivity contribution in [2.45, 2.75) is 6.92 Å². The molecule has 0 amide bonds. The zero-order valence-corrected chi connectivity index (χ0v) is 8.54. The van der Waals surface area contributed by atoms with Crippen molar-refractivity contribution in [3.8, 4) is 0 Å². The van der Waals surface area contributed by atoms with Crippen LogP contribution in [0.15, 0.2) is 35.9 Å². The molecule has 0 unspecified atom stereocenters. The predicted molar refractivity (Wildman–Crippen MR) is 60.3 cm³/mol. The first-order valence-corrected chi connectivity index (χ1v) is 4.53. The topological polar surface area (TPSA) is 37.3 Å². The van der Waals surface area contributed by atoms with Crippen molar-refractivity contribution in [1.29, 1.82) is 0 Å². The summed E-state index contributed by atoms with van der Waals surface area (Å²) in [7, 11) is 0. The number of carboxylic acid groups (broad SMARTS) is 1. The molecule has 3 heteroatoms. The number of rotatable bonds is 3. The standard InChI is InChI=1S/C11H10O2S/c1-8(14)10(11(12)13)7-9-5-3-2-4-6-9/h2-7H,1H3,(H,12,13). The first kappa shape index (κ1) is 10.6. The summed E-state index contributed by atoms with van der Waals surface area (Å²) in [5, 5.41) is 8.85. The SMILES string of the molecule is CC(=S)C(=Cc1ccccc1)C(=O)O. The Morgan fingerprint density at radius 1 is 1.36 bits per heavy atom. The van der Waals surface area contributed by atoms with Crippen molar-refractivity contribution in [1.82, 2.24) is 0 Å². The third kappa shape index (κ3) is 2.78. The van der Waals surface area contributed by atoms with Gasteiger partial charge in [0.2, 0.25) is 0 Å². The van der Waals surface area contributed by atoms with E-state index in [4.69, 9.17) is 17.3 Å². The molecule has 0 aliphatic heterocycles. The molecule has 0 atom stereocenters. The van der Waals surface area contributed by atoms with Crippen LogP contribution in [0.5, 0.6) is 0 Å². The maximum Gasteiger partial charge on any atom is 0.336 e. The number of carboxylic acids is 1. The summed E-state index contributed by atoms with van der Waals surface area (Å²) >= 11 is 4.84. The summed E-state index contributed by atoms with van der Waals surface area (Å²) in [6.07, 6.45) is 1.57. The maximum atomic E-state index is 10.8. The fourth-order valence-electron chi connectivity index (χ4n) is 1.03. The molecule has 14 heavy (non-hydrogen) atoms. The molecule has 72 valence electrons. The van der Waals surface area contributed by atoms with Gasteiger partial charge in [-0.25, -0.2) is 4.79 Å². The van der Waals surface area contributed by atoms with Gasteiger partial charge in [-0.3, -0.25) is 0 Å². The Kier molecular flexibility index (Phi) is 3.54. The van der Waals surface area contributed by atoms with Gasteiger partial charge in [0.25, 0.3) is 0 Å². The van der Waals surface area contributed by atoms with Crippen LogP contribution in [0.4, 0.5) is 0 Å². The Hall–Kier alpha value is -1.48. The Morgan fingerprint density at radius 3 is 2.36 bits per heavy atom. The molecular formula is C11H10O2S. The molecule has 0 saturated carbocycles. The highest BCUT2D eigenvalue weighted by Gasteiger charge is 2.08. The fraction of sp³-hybridized carbons (Fsp3) is 0.0909. The lowest BCUT2D eigenvalue weighted by Crippen LogP contribution is -2.06. The van der Waals surface area contributed by atoms with Gasteiger partial charge in [-0.2, -0.15) is 0 Å². The number of benzene rings is 1. The average molecular weight is 206 g/mol. The van der Waals surface area contributed by atoms with Gasteiger partial charge in [0.05, 0.1) is 5.57 Å². The molecular weight excluding hydrogens is 196 g/mol. The lowest BCUT2D eigenvalue weighted by molar-refractivity contribution is -0.131. The normalized spacial score (nSPS) is 11.1. The highest BCUT2D eigenvalue weighted by atomic mass is 32.1. The van der Waals surface area contributed by atoms with Crippen LogP contribution in [-0.2, 0) is 4.79 Å². The van der Waals surface area contributed by atoms with Crippen molar-refractivity contribution in [2.24, 2.45) is 0 Å². The first-order valence-electron chi connectivity index (χ1n) is 4.12. The smallest absolute Gasteiger partial charge is 0.336 e. The highest BCUT2D eigenvalue weighted by Crippen LogP contribution is 2.08. The minimum Gasteiger partial charge on any atom is -0.478 e. The fourth-order valence-corrected chi connectivity index (χ4v) is 1.18. The second-order valence-electron chi connectivity index (χ2n) is 2.83. The molecule has 0 aliphatic rings. The van der Waals surface area contributed by atoms with Crippen molar-refractivity contribution >= 4 is 29.1 Å². The van der Waals surface area contributed by atoms with Gasteiger partial charge >= 0.3 is 5.97 Å². The molecule has 0 radical (unpaired) electrons. The van der Waals surface area contributed by atoms with Crippen molar-refractivity contribution in [3.63, 3.8) is 0 Å². The van der Waals surface area contributed by atoms with E-state index in [1.165, 1.54) is 0 Å². The van der Waals surface area contributed by atoms with Gasteiger partial charge in [0.1, 0.15) is 0 Å². The third-order valence-electron chi connectivity index (χ3n) is 1.72. The lowest BCUT2D eigenvalue weighted by atomic mass is 10.1. The lowest BCUT2D eigenvalue weighted by Gasteiger charge is -1.99. The molecule has 1 N–H and O–H groups in total. The summed E-state index contributed by atoms with van der Waals surface area (Å²) in [5.41, 5.74) is 1.01. The monoisotopic (exact) mass is 206 g/mol. The van der Waals surface area contributed by atoms with E-state index in [2.05, 4.69) is 0 Å². The van der Waals surface area contributed by atoms with Crippen LogP contribution in [-0.4, -0.2) is 15.9 Å². The molecule has 1 aromatic rings. The summed E-state index contributed by atoms with van der Waals surface area (Å²) in [6, 6.07) is 9.25. The summed E-state index contributed by atoms with van der Waals surface area (Å²) in [6.45, 7) is 1.61. The van der Waals surface area contributed by atoms with E-state index in [1.54, 1.807) is 13.0 Å². The maximum absolute atomic E-state index is 10.8. The molecule has 0 heterocycles. The van der Waals surface area contributed by atoms with Crippen LogP contribution < -0.4 is 0 Å². The molecule has 2 nitrogen and oxygen atoms in total. The van der Waals surface area contributed by atoms with Crippen LogP contribution in [0, 0.1) is 0 Å². The van der Waals surface area contributed by atoms with Gasteiger partial charge in [-0.15, -0.1) is 0 Å². The average Bonchev–Trinajstić information content (AvgIpc) is 2.15. The third-order valence-corrected chi connectivity index (χ3v) is 1.94. The van der Waals surface area contributed by atoms with Crippen molar-refractivity contribution in [3.05, 3.63) is 41.5 Å². The quantitative estimate of drug-likeness (QED) is 0.610. The zero-order chi connectivity index (χ0) is 10.6. The van der Waals surface area contributed by atoms with E-state index in [0.29, 0.717) is 4.86 Å². The van der Waals surface area contributed by atoms with Gasteiger partial charge in [0.15, 0.2) is 0 Å². The largest absolute Gasteiger partial charge is 0.478 e. The number of aliphatic carboxylic acids is 1. The van der Waals surface area contributed by atoms with Gasteiger partial charge in [-0.1, -0.05) is 42.5 Å². The Balaban J connectivity index is 3.06. The van der Waals surface area contributed by atoms with Gasteiger partial charge < -0.3 is 5.11 Å².